The van der Waals surface area contributed by atoms with Gasteiger partial charge in [0.2, 0.25) is 0 Å². The Hall–Kier alpha value is 0.359. The summed E-state index contributed by atoms with van der Waals surface area (Å²) in [6.07, 6.45) is 13.2. The third kappa shape index (κ3) is 20.0. The van der Waals surface area contributed by atoms with Crippen LogP contribution in [0.2, 0.25) is 8.87 Å². The van der Waals surface area contributed by atoms with Gasteiger partial charge < -0.3 is 0 Å². The van der Waals surface area contributed by atoms with Gasteiger partial charge in [-0.15, -0.1) is 0 Å². The molecule has 0 heterocycles. The molecule has 0 aromatic carbocycles. The molecule has 2 unspecified atom stereocenters. The molecule has 0 aliphatic carbocycles. The SMILES string of the molecule is CCCCOCCCCC(CS)C(=O)[O][Sn]([CH2]CCC)([CH2]CCC)[O]C(=O)C(CS)CCCCOCCCC. The summed E-state index contributed by atoms with van der Waals surface area (Å²) in [6.45, 7) is 11.6. The van der Waals surface area contributed by atoms with E-state index in [4.69, 9.17) is 15.6 Å². The molecule has 0 aromatic heterocycles. The van der Waals surface area contributed by atoms with E-state index in [1.807, 2.05) is 0 Å². The Balaban J connectivity index is 5.18. The monoisotopic (exact) mass is 700 g/mol. The van der Waals surface area contributed by atoms with E-state index in [1.54, 1.807) is 0 Å². The zero-order valence-electron chi connectivity index (χ0n) is 25.6. The van der Waals surface area contributed by atoms with E-state index in [2.05, 4.69) is 53.0 Å². The molecule has 0 saturated carbocycles. The number of carbonyl (C=O) groups excluding carboxylic acids is 2. The van der Waals surface area contributed by atoms with Gasteiger partial charge in [-0.05, 0) is 0 Å². The van der Waals surface area contributed by atoms with Gasteiger partial charge in [0.25, 0.3) is 0 Å². The Bertz CT molecular complexity index is 546. The maximum atomic E-state index is 13.4. The third-order valence-corrected chi connectivity index (χ3v) is 17.5. The Kier molecular flexibility index (Phi) is 27.5. The molecule has 0 aromatic rings. The number of rotatable bonds is 28. The van der Waals surface area contributed by atoms with Gasteiger partial charge in [0.15, 0.2) is 0 Å². The quantitative estimate of drug-likeness (QED) is 0.0488. The average Bonchev–Trinajstić information content (AvgIpc) is 2.93. The number of ether oxygens (including phenoxy) is 2. The van der Waals surface area contributed by atoms with Crippen LogP contribution in [0.3, 0.4) is 0 Å². The zero-order valence-corrected chi connectivity index (χ0v) is 30.2. The van der Waals surface area contributed by atoms with Crippen LogP contribution >= 0.6 is 25.3 Å². The maximum absolute atomic E-state index is 13.4. The molecule has 6 nitrogen and oxygen atoms in total. The van der Waals surface area contributed by atoms with Crippen LogP contribution in [-0.2, 0) is 25.2 Å². The van der Waals surface area contributed by atoms with E-state index >= 15 is 0 Å². The summed E-state index contributed by atoms with van der Waals surface area (Å²) >= 11 is 4.92. The van der Waals surface area contributed by atoms with Crippen molar-refractivity contribution in [1.82, 2.24) is 0 Å². The van der Waals surface area contributed by atoms with Crippen molar-refractivity contribution in [2.45, 2.75) is 126 Å². The van der Waals surface area contributed by atoms with Gasteiger partial charge in [0, 0.05) is 0 Å². The zero-order chi connectivity index (χ0) is 29.2. The summed E-state index contributed by atoms with van der Waals surface area (Å²) in [6, 6.07) is 0. The molecular weight excluding hydrogens is 639 g/mol. The second-order valence-electron chi connectivity index (χ2n) is 10.6. The first-order chi connectivity index (χ1) is 18.9. The number of unbranched alkanes of at least 4 members (excludes halogenated alkanes) is 6. The van der Waals surface area contributed by atoms with Crippen molar-refractivity contribution < 1.29 is 25.2 Å². The van der Waals surface area contributed by atoms with E-state index < -0.39 is 19.2 Å². The van der Waals surface area contributed by atoms with Crippen molar-refractivity contribution in [3.8, 4) is 0 Å². The van der Waals surface area contributed by atoms with Crippen molar-refractivity contribution in [3.63, 3.8) is 0 Å². The Labute approximate surface area is 256 Å². The van der Waals surface area contributed by atoms with Crippen molar-refractivity contribution in [2.24, 2.45) is 11.8 Å². The van der Waals surface area contributed by atoms with E-state index in [-0.39, 0.29) is 23.8 Å². The van der Waals surface area contributed by atoms with Gasteiger partial charge in [-0.3, -0.25) is 0 Å². The van der Waals surface area contributed by atoms with Crippen LogP contribution < -0.4 is 0 Å². The van der Waals surface area contributed by atoms with E-state index in [0.29, 0.717) is 11.5 Å². The fourth-order valence-corrected chi connectivity index (χ4v) is 15.0. The molecular formula is C30H60O6S2Sn. The molecule has 0 radical (unpaired) electrons. The molecule has 0 fully saturated rings. The normalized spacial score (nSPS) is 13.3. The van der Waals surface area contributed by atoms with Crippen LogP contribution in [0.25, 0.3) is 0 Å². The summed E-state index contributed by atoms with van der Waals surface area (Å²) in [7, 11) is 0. The van der Waals surface area contributed by atoms with Crippen LogP contribution in [0.4, 0.5) is 0 Å². The molecule has 0 saturated heterocycles. The first kappa shape index (κ1) is 39.4. The van der Waals surface area contributed by atoms with Crippen LogP contribution in [0.1, 0.15) is 118 Å². The van der Waals surface area contributed by atoms with E-state index in [9.17, 15) is 9.59 Å². The molecule has 0 amide bonds. The minimum atomic E-state index is -4.02. The molecule has 0 spiro atoms. The molecule has 0 bridgehead atoms. The second kappa shape index (κ2) is 27.2. The van der Waals surface area contributed by atoms with Crippen molar-refractivity contribution >= 4 is 56.4 Å². The second-order valence-corrected chi connectivity index (χ2v) is 20.6. The van der Waals surface area contributed by atoms with Gasteiger partial charge in [0.1, 0.15) is 0 Å². The predicted molar refractivity (Wildman–Crippen MR) is 171 cm³/mol. The standard InChI is InChI=1S/2C11H22O3S.2C4H9.Sn/c2*1-2-3-7-14-8-5-4-6-10(9-15)11(12)13;2*1-3-4-2;/h2*10,15H,2-9H2,1H3,(H,12,13);2*1,3-4H2,2H3;/q;;;;+2/p-2. The summed E-state index contributed by atoms with van der Waals surface area (Å²) in [5.74, 6) is -0.136. The molecule has 0 N–H and O–H groups in total. The first-order valence-electron chi connectivity index (χ1n) is 15.8. The Morgan fingerprint density at radius 3 is 1.26 bits per heavy atom. The summed E-state index contributed by atoms with van der Waals surface area (Å²) in [4.78, 5) is 26.8. The fraction of sp³-hybridized carbons (Fsp3) is 0.933. The third-order valence-electron chi connectivity index (χ3n) is 6.97. The van der Waals surface area contributed by atoms with Gasteiger partial charge in [-0.25, -0.2) is 0 Å². The summed E-state index contributed by atoms with van der Waals surface area (Å²) in [5.41, 5.74) is 0. The first-order valence-corrected chi connectivity index (χ1v) is 23.4. The number of thiol groups is 2. The van der Waals surface area contributed by atoms with E-state index in [0.717, 1.165) is 125 Å². The Morgan fingerprint density at radius 2 is 0.923 bits per heavy atom. The molecule has 0 rings (SSSR count). The van der Waals surface area contributed by atoms with Crippen LogP contribution in [0.5, 0.6) is 0 Å². The van der Waals surface area contributed by atoms with Crippen molar-refractivity contribution in [2.75, 3.05) is 37.9 Å². The number of carbonyl (C=O) groups is 2. The summed E-state index contributed by atoms with van der Waals surface area (Å²) < 4.78 is 25.5. The van der Waals surface area contributed by atoms with Crippen LogP contribution in [0, 0.1) is 11.8 Å². The molecule has 39 heavy (non-hydrogen) atoms. The van der Waals surface area contributed by atoms with Gasteiger partial charge in [-0.2, -0.15) is 0 Å². The molecule has 9 heteroatoms. The van der Waals surface area contributed by atoms with E-state index in [1.165, 1.54) is 0 Å². The van der Waals surface area contributed by atoms with Crippen molar-refractivity contribution in [3.05, 3.63) is 0 Å². The predicted octanol–water partition coefficient (Wildman–Crippen LogP) is 8.18. The van der Waals surface area contributed by atoms with Crippen LogP contribution in [-0.4, -0.2) is 69.1 Å². The molecule has 2 atom stereocenters. The van der Waals surface area contributed by atoms with Gasteiger partial charge in [0.05, 0.1) is 0 Å². The molecule has 0 aliphatic heterocycles. The minimum absolute atomic E-state index is 0.223. The molecule has 0 aliphatic rings. The van der Waals surface area contributed by atoms with Crippen LogP contribution in [0.15, 0.2) is 0 Å². The topological polar surface area (TPSA) is 71.1 Å². The Morgan fingerprint density at radius 1 is 0.564 bits per heavy atom. The number of hydrogen-bond donors (Lipinski definition) is 2. The van der Waals surface area contributed by atoms with Crippen molar-refractivity contribution in [1.29, 1.82) is 0 Å². The summed E-state index contributed by atoms with van der Waals surface area (Å²) in [5, 5.41) is 0. The average molecular weight is 700 g/mol. The van der Waals surface area contributed by atoms with Gasteiger partial charge in [-0.1, -0.05) is 0 Å². The number of hydrogen-bond acceptors (Lipinski definition) is 8. The fourth-order valence-electron chi connectivity index (χ4n) is 4.23. The van der Waals surface area contributed by atoms with Gasteiger partial charge >= 0.3 is 258 Å². The molecule has 232 valence electrons.